The molecule has 2 heterocycles. The molecule has 36 heavy (non-hydrogen) atoms. The zero-order valence-electron chi connectivity index (χ0n) is 20.3. The van der Waals surface area contributed by atoms with Gasteiger partial charge in [0.2, 0.25) is 10.0 Å². The Balaban J connectivity index is 1.58. The second-order valence-electron chi connectivity index (χ2n) is 9.00. The molecule has 184 valence electrons. The summed E-state index contributed by atoms with van der Waals surface area (Å²) in [5.41, 5.74) is 6.00. The molecule has 0 unspecified atom stereocenters. The molecule has 0 saturated carbocycles. The summed E-state index contributed by atoms with van der Waals surface area (Å²) in [5.74, 6) is 0. The number of hydrogen-bond acceptors (Lipinski definition) is 6. The lowest BCUT2D eigenvalue weighted by molar-refractivity contribution is 0.408. The van der Waals surface area contributed by atoms with Crippen LogP contribution in [0.5, 0.6) is 0 Å². The van der Waals surface area contributed by atoms with Crippen LogP contribution in [-0.4, -0.2) is 33.0 Å². The second-order valence-corrected chi connectivity index (χ2v) is 11.4. The van der Waals surface area contributed by atoms with Gasteiger partial charge in [-0.3, -0.25) is 4.79 Å². The first-order chi connectivity index (χ1) is 17.3. The standard InChI is InChI=1S/C27H26N4O3S2/c1-17-11-12-21-15-22(27(32)28-25(21)19(17)3)16-31(14-13-20-8-5-4-7-18(20)2)36(33,34)24-10-6-9-23-26(24)30-35-29-23/h4-12,15H,13-14,16H2,1-3H3,(H,28,32). The Kier molecular flexibility index (Phi) is 6.46. The normalized spacial score (nSPS) is 12.1. The van der Waals surface area contributed by atoms with Crippen LogP contribution in [0.1, 0.15) is 27.8 Å². The summed E-state index contributed by atoms with van der Waals surface area (Å²) in [6.07, 6.45) is 0.515. The molecule has 5 aromatic rings. The van der Waals surface area contributed by atoms with Crippen molar-refractivity contribution in [2.75, 3.05) is 6.54 Å². The van der Waals surface area contributed by atoms with Gasteiger partial charge in [0, 0.05) is 18.7 Å². The first-order valence-corrected chi connectivity index (χ1v) is 13.8. The third-order valence-electron chi connectivity index (χ3n) is 6.73. The predicted molar refractivity (Wildman–Crippen MR) is 144 cm³/mol. The fourth-order valence-corrected chi connectivity index (χ4v) is 6.60. The fraction of sp³-hybridized carbons (Fsp3) is 0.222. The molecule has 0 aliphatic heterocycles. The van der Waals surface area contributed by atoms with E-state index in [-0.39, 0.29) is 23.5 Å². The van der Waals surface area contributed by atoms with Crippen molar-refractivity contribution >= 4 is 43.7 Å². The van der Waals surface area contributed by atoms with Gasteiger partial charge in [0.1, 0.15) is 15.9 Å². The number of pyridine rings is 1. The molecule has 0 spiro atoms. The molecule has 0 fully saturated rings. The highest BCUT2D eigenvalue weighted by molar-refractivity contribution is 7.89. The average molecular weight is 519 g/mol. The van der Waals surface area contributed by atoms with Crippen LogP contribution in [0, 0.1) is 20.8 Å². The van der Waals surface area contributed by atoms with E-state index in [1.54, 1.807) is 24.3 Å². The maximum Gasteiger partial charge on any atom is 0.252 e. The number of benzene rings is 3. The largest absolute Gasteiger partial charge is 0.321 e. The smallest absolute Gasteiger partial charge is 0.252 e. The highest BCUT2D eigenvalue weighted by atomic mass is 32.2. The van der Waals surface area contributed by atoms with Crippen LogP contribution in [0.2, 0.25) is 0 Å². The van der Waals surface area contributed by atoms with Gasteiger partial charge in [-0.25, -0.2) is 8.42 Å². The van der Waals surface area contributed by atoms with E-state index in [0.717, 1.165) is 44.9 Å². The van der Waals surface area contributed by atoms with Crippen LogP contribution in [0.4, 0.5) is 0 Å². The van der Waals surface area contributed by atoms with Gasteiger partial charge >= 0.3 is 0 Å². The Bertz CT molecular complexity index is 1760. The molecule has 0 radical (unpaired) electrons. The van der Waals surface area contributed by atoms with Crippen molar-refractivity contribution in [1.82, 2.24) is 18.0 Å². The Hall–Kier alpha value is -3.40. The molecule has 3 aromatic carbocycles. The van der Waals surface area contributed by atoms with Gasteiger partial charge in [0.05, 0.1) is 17.2 Å². The Morgan fingerprint density at radius 1 is 0.917 bits per heavy atom. The summed E-state index contributed by atoms with van der Waals surface area (Å²) in [7, 11) is -3.98. The van der Waals surface area contributed by atoms with Gasteiger partial charge in [-0.05, 0) is 73.0 Å². The topological polar surface area (TPSA) is 96.0 Å². The zero-order valence-corrected chi connectivity index (χ0v) is 21.9. The number of nitrogens with zero attached hydrogens (tertiary/aromatic N) is 3. The molecule has 0 aliphatic rings. The number of aromatic amines is 1. The molecular formula is C27H26N4O3S2. The number of sulfonamides is 1. The highest BCUT2D eigenvalue weighted by Gasteiger charge is 2.28. The van der Waals surface area contributed by atoms with Crippen molar-refractivity contribution in [2.24, 2.45) is 0 Å². The number of aromatic nitrogens is 3. The first-order valence-electron chi connectivity index (χ1n) is 11.6. The lowest BCUT2D eigenvalue weighted by Crippen LogP contribution is -2.34. The Labute approximate surface area is 213 Å². The molecule has 0 bridgehead atoms. The monoisotopic (exact) mass is 518 g/mol. The van der Waals surface area contributed by atoms with Crippen LogP contribution in [0.25, 0.3) is 21.9 Å². The van der Waals surface area contributed by atoms with Crippen molar-refractivity contribution in [3.05, 3.63) is 98.8 Å². The van der Waals surface area contributed by atoms with Gasteiger partial charge in [0.25, 0.3) is 5.56 Å². The summed E-state index contributed by atoms with van der Waals surface area (Å²) >= 11 is 0.979. The fourth-order valence-electron chi connectivity index (χ4n) is 4.43. The van der Waals surface area contributed by atoms with E-state index in [4.69, 9.17) is 0 Å². The minimum absolute atomic E-state index is 0.0552. The summed E-state index contributed by atoms with van der Waals surface area (Å²) in [6.45, 7) is 6.13. The number of nitrogens with one attached hydrogen (secondary N) is 1. The molecular weight excluding hydrogens is 492 g/mol. The number of rotatable bonds is 7. The number of H-pyrrole nitrogens is 1. The SMILES string of the molecule is Cc1ccccc1CCN(Cc1cc2ccc(C)c(C)c2[nH]c1=O)S(=O)(=O)c1cccc2nsnc12. The summed E-state index contributed by atoms with van der Waals surface area (Å²) in [5, 5.41) is 0.870. The molecule has 7 nitrogen and oxygen atoms in total. The van der Waals surface area contributed by atoms with Crippen molar-refractivity contribution in [2.45, 2.75) is 38.6 Å². The van der Waals surface area contributed by atoms with Crippen molar-refractivity contribution in [3.8, 4) is 0 Å². The van der Waals surface area contributed by atoms with E-state index in [0.29, 0.717) is 23.0 Å². The van der Waals surface area contributed by atoms with Gasteiger partial charge in [-0.15, -0.1) is 0 Å². The van der Waals surface area contributed by atoms with Crippen molar-refractivity contribution in [1.29, 1.82) is 0 Å². The molecule has 0 atom stereocenters. The minimum Gasteiger partial charge on any atom is -0.321 e. The van der Waals surface area contributed by atoms with Crippen LogP contribution < -0.4 is 5.56 Å². The van der Waals surface area contributed by atoms with E-state index in [9.17, 15) is 13.2 Å². The van der Waals surface area contributed by atoms with Crippen molar-refractivity contribution in [3.63, 3.8) is 0 Å². The quantitative estimate of drug-likeness (QED) is 0.331. The van der Waals surface area contributed by atoms with Crippen molar-refractivity contribution < 1.29 is 8.42 Å². The zero-order chi connectivity index (χ0) is 25.4. The molecule has 0 amide bonds. The van der Waals surface area contributed by atoms with E-state index < -0.39 is 10.0 Å². The number of fused-ring (bicyclic) bond motifs is 2. The molecule has 9 heteroatoms. The maximum atomic E-state index is 14.0. The van der Waals surface area contributed by atoms with Crippen LogP contribution in [0.3, 0.4) is 0 Å². The van der Waals surface area contributed by atoms with Crippen LogP contribution >= 0.6 is 11.7 Å². The molecule has 5 rings (SSSR count). The third-order valence-corrected chi connectivity index (χ3v) is 9.15. The summed E-state index contributed by atoms with van der Waals surface area (Å²) in [6, 6.07) is 18.6. The second kappa shape index (κ2) is 9.57. The van der Waals surface area contributed by atoms with Crippen LogP contribution in [-0.2, 0) is 23.0 Å². The predicted octanol–water partition coefficient (Wildman–Crippen LogP) is 4.89. The summed E-state index contributed by atoms with van der Waals surface area (Å²) in [4.78, 5) is 16.2. The molecule has 1 N–H and O–H groups in total. The highest BCUT2D eigenvalue weighted by Crippen LogP contribution is 2.27. The summed E-state index contributed by atoms with van der Waals surface area (Å²) < 4.78 is 37.8. The average Bonchev–Trinajstić information content (AvgIpc) is 3.34. The van der Waals surface area contributed by atoms with Crippen LogP contribution in [0.15, 0.2) is 70.4 Å². The van der Waals surface area contributed by atoms with Gasteiger partial charge in [-0.2, -0.15) is 13.1 Å². The minimum atomic E-state index is -3.98. The van der Waals surface area contributed by atoms with Gasteiger partial charge < -0.3 is 4.98 Å². The van der Waals surface area contributed by atoms with E-state index in [2.05, 4.69) is 13.7 Å². The number of hydrogen-bond donors (Lipinski definition) is 1. The van der Waals surface area contributed by atoms with E-state index in [1.807, 2.05) is 57.2 Å². The molecule has 2 aromatic heterocycles. The van der Waals surface area contributed by atoms with E-state index in [1.165, 1.54) is 4.31 Å². The Morgan fingerprint density at radius 2 is 1.72 bits per heavy atom. The molecule has 0 aliphatic carbocycles. The van der Waals surface area contributed by atoms with Gasteiger partial charge in [0.15, 0.2) is 0 Å². The van der Waals surface area contributed by atoms with E-state index >= 15 is 0 Å². The third kappa shape index (κ3) is 4.45. The lowest BCUT2D eigenvalue weighted by atomic mass is 10.0. The number of aryl methyl sites for hydroxylation is 3. The maximum absolute atomic E-state index is 14.0. The first kappa shape index (κ1) is 24.3. The van der Waals surface area contributed by atoms with Gasteiger partial charge in [-0.1, -0.05) is 42.5 Å². The molecule has 0 saturated heterocycles. The lowest BCUT2D eigenvalue weighted by Gasteiger charge is -2.23. The Morgan fingerprint density at radius 3 is 2.53 bits per heavy atom.